The van der Waals surface area contributed by atoms with E-state index in [-0.39, 0.29) is 5.91 Å². The Labute approximate surface area is 204 Å². The van der Waals surface area contributed by atoms with Gasteiger partial charge in [-0.1, -0.05) is 55.8 Å². The molecule has 0 atom stereocenters. The highest BCUT2D eigenvalue weighted by atomic mass is 16.1. The molecule has 1 N–H and O–H groups in total. The third-order valence-electron chi connectivity index (χ3n) is 6.41. The second-order valence-electron chi connectivity index (χ2n) is 8.55. The SMILES string of the molecule is CCN(CC)CCn1c(NC(=O)c2cnn3c(-c4ccc(C)cc4)ccnc23)nc2ccccc21. The number of fused-ring (bicyclic) bond motifs is 2. The molecule has 0 aliphatic rings. The molecule has 178 valence electrons. The van der Waals surface area contributed by atoms with Gasteiger partial charge in [0.1, 0.15) is 5.56 Å². The summed E-state index contributed by atoms with van der Waals surface area (Å²) in [4.78, 5) is 24.9. The number of aromatic nitrogens is 5. The minimum atomic E-state index is -0.284. The van der Waals surface area contributed by atoms with Gasteiger partial charge in [-0.3, -0.25) is 10.1 Å². The maximum Gasteiger partial charge on any atom is 0.263 e. The van der Waals surface area contributed by atoms with Crippen molar-refractivity contribution in [1.82, 2.24) is 29.0 Å². The molecule has 5 rings (SSSR count). The Bertz CT molecular complexity index is 1480. The molecule has 0 bridgehead atoms. The monoisotopic (exact) mass is 467 g/mol. The van der Waals surface area contributed by atoms with Crippen LogP contribution in [0.4, 0.5) is 5.95 Å². The van der Waals surface area contributed by atoms with Gasteiger partial charge in [0.2, 0.25) is 5.95 Å². The molecule has 0 saturated heterocycles. The number of hydrogen-bond acceptors (Lipinski definition) is 5. The van der Waals surface area contributed by atoms with Gasteiger partial charge in [-0.2, -0.15) is 5.10 Å². The largest absolute Gasteiger partial charge is 0.309 e. The predicted molar refractivity (Wildman–Crippen MR) is 139 cm³/mol. The smallest absolute Gasteiger partial charge is 0.263 e. The molecule has 8 heteroatoms. The van der Waals surface area contributed by atoms with Gasteiger partial charge in [0.25, 0.3) is 5.91 Å². The Morgan fingerprint density at radius 3 is 2.57 bits per heavy atom. The highest BCUT2D eigenvalue weighted by Crippen LogP contribution is 2.23. The van der Waals surface area contributed by atoms with Gasteiger partial charge in [-0.05, 0) is 38.2 Å². The number of amides is 1. The Balaban J connectivity index is 1.48. The lowest BCUT2D eigenvalue weighted by Crippen LogP contribution is -2.27. The summed E-state index contributed by atoms with van der Waals surface area (Å²) in [6, 6.07) is 18.0. The number of rotatable bonds is 8. The van der Waals surface area contributed by atoms with Crippen molar-refractivity contribution in [3.8, 4) is 11.3 Å². The standard InChI is InChI=1S/C27H29N7O/c1-4-32(5-2)16-17-33-24-9-7-6-8-22(24)30-27(33)31-26(35)21-18-29-34-23(14-15-28-25(21)34)20-12-10-19(3)11-13-20/h6-15,18H,4-5,16-17H2,1-3H3,(H,30,31,35). The van der Waals surface area contributed by atoms with Crippen LogP contribution in [-0.2, 0) is 6.54 Å². The van der Waals surface area contributed by atoms with Crippen LogP contribution in [0.1, 0.15) is 29.8 Å². The third-order valence-corrected chi connectivity index (χ3v) is 6.41. The Morgan fingerprint density at radius 1 is 1.03 bits per heavy atom. The van der Waals surface area contributed by atoms with Crippen molar-refractivity contribution >= 4 is 28.5 Å². The van der Waals surface area contributed by atoms with Crippen LogP contribution in [0, 0.1) is 6.92 Å². The second kappa shape index (κ2) is 9.68. The minimum Gasteiger partial charge on any atom is -0.309 e. The van der Waals surface area contributed by atoms with Crippen molar-refractivity contribution in [3.63, 3.8) is 0 Å². The molecule has 0 spiro atoms. The van der Waals surface area contributed by atoms with Crippen LogP contribution in [0.3, 0.4) is 0 Å². The van der Waals surface area contributed by atoms with E-state index in [1.807, 2.05) is 42.5 Å². The first-order valence-electron chi connectivity index (χ1n) is 12.0. The number of nitrogens with zero attached hydrogens (tertiary/aromatic N) is 6. The number of carbonyl (C=O) groups excluding carboxylic acids is 1. The van der Waals surface area contributed by atoms with Crippen LogP contribution >= 0.6 is 0 Å². The lowest BCUT2D eigenvalue weighted by molar-refractivity contribution is 0.102. The molecule has 0 radical (unpaired) electrons. The maximum atomic E-state index is 13.4. The average Bonchev–Trinajstić information content (AvgIpc) is 3.46. The molecule has 1 amide bonds. The number of imidazole rings is 1. The van der Waals surface area contributed by atoms with Crippen molar-refractivity contribution in [3.05, 3.63) is 78.1 Å². The van der Waals surface area contributed by atoms with Crippen LogP contribution < -0.4 is 5.32 Å². The summed E-state index contributed by atoms with van der Waals surface area (Å²) < 4.78 is 3.78. The Hall–Kier alpha value is -4.04. The molecule has 0 aliphatic carbocycles. The fraction of sp³-hybridized carbons (Fsp3) is 0.259. The van der Waals surface area contributed by atoms with Crippen LogP contribution in [0.15, 0.2) is 67.0 Å². The van der Waals surface area contributed by atoms with E-state index in [4.69, 9.17) is 4.98 Å². The molecule has 0 aliphatic heterocycles. The topological polar surface area (TPSA) is 80.3 Å². The van der Waals surface area contributed by atoms with Crippen LogP contribution in [0.5, 0.6) is 0 Å². The summed E-state index contributed by atoms with van der Waals surface area (Å²) in [5.41, 5.74) is 5.82. The molecule has 5 aromatic rings. The lowest BCUT2D eigenvalue weighted by Gasteiger charge is -2.19. The van der Waals surface area contributed by atoms with Gasteiger partial charge in [-0.25, -0.2) is 14.5 Å². The van der Waals surface area contributed by atoms with E-state index >= 15 is 0 Å². The van der Waals surface area contributed by atoms with E-state index in [1.165, 1.54) is 5.56 Å². The number of carbonyl (C=O) groups is 1. The molecule has 0 saturated carbocycles. The molecular formula is C27H29N7O. The van der Waals surface area contributed by atoms with Crippen molar-refractivity contribution in [1.29, 1.82) is 0 Å². The van der Waals surface area contributed by atoms with Crippen LogP contribution in [0.25, 0.3) is 27.9 Å². The number of para-hydroxylation sites is 2. The zero-order chi connectivity index (χ0) is 24.4. The Kier molecular flexibility index (Phi) is 6.29. The number of anilines is 1. The van der Waals surface area contributed by atoms with E-state index in [9.17, 15) is 4.79 Å². The zero-order valence-corrected chi connectivity index (χ0v) is 20.3. The molecule has 2 aromatic carbocycles. The molecule has 8 nitrogen and oxygen atoms in total. The number of benzene rings is 2. The van der Waals surface area contributed by atoms with E-state index in [1.54, 1.807) is 16.9 Å². The summed E-state index contributed by atoms with van der Waals surface area (Å²) in [5, 5.41) is 7.51. The van der Waals surface area contributed by atoms with Gasteiger partial charge in [-0.15, -0.1) is 0 Å². The Morgan fingerprint density at radius 2 is 1.80 bits per heavy atom. The van der Waals surface area contributed by atoms with Crippen molar-refractivity contribution in [2.24, 2.45) is 0 Å². The van der Waals surface area contributed by atoms with Crippen molar-refractivity contribution < 1.29 is 4.79 Å². The van der Waals surface area contributed by atoms with Gasteiger partial charge in [0, 0.05) is 24.8 Å². The fourth-order valence-electron chi connectivity index (χ4n) is 4.34. The van der Waals surface area contributed by atoms with Gasteiger partial charge in [0.15, 0.2) is 5.65 Å². The average molecular weight is 468 g/mol. The molecule has 35 heavy (non-hydrogen) atoms. The van der Waals surface area contributed by atoms with E-state index in [2.05, 4.69) is 57.8 Å². The summed E-state index contributed by atoms with van der Waals surface area (Å²) in [7, 11) is 0. The van der Waals surface area contributed by atoms with Crippen LogP contribution in [-0.4, -0.2) is 54.6 Å². The third kappa shape index (κ3) is 4.40. The molecule has 3 heterocycles. The number of nitrogens with one attached hydrogen (secondary N) is 1. The van der Waals surface area contributed by atoms with Crippen molar-refractivity contribution in [2.45, 2.75) is 27.3 Å². The fourth-order valence-corrected chi connectivity index (χ4v) is 4.34. The quantitative estimate of drug-likeness (QED) is 0.359. The van der Waals surface area contributed by atoms with Gasteiger partial charge >= 0.3 is 0 Å². The van der Waals surface area contributed by atoms with Gasteiger partial charge in [0.05, 0.1) is 22.9 Å². The summed E-state index contributed by atoms with van der Waals surface area (Å²) >= 11 is 0. The predicted octanol–water partition coefficient (Wildman–Crippen LogP) is 4.65. The van der Waals surface area contributed by atoms with E-state index < -0.39 is 0 Å². The zero-order valence-electron chi connectivity index (χ0n) is 20.3. The van der Waals surface area contributed by atoms with Crippen LogP contribution in [0.2, 0.25) is 0 Å². The maximum absolute atomic E-state index is 13.4. The lowest BCUT2D eigenvalue weighted by atomic mass is 10.1. The number of hydrogen-bond donors (Lipinski definition) is 1. The second-order valence-corrected chi connectivity index (χ2v) is 8.55. The highest BCUT2D eigenvalue weighted by molar-refractivity contribution is 6.08. The molecular weight excluding hydrogens is 438 g/mol. The van der Waals surface area contributed by atoms with Crippen molar-refractivity contribution in [2.75, 3.05) is 25.0 Å². The first-order valence-corrected chi connectivity index (χ1v) is 12.0. The molecule has 3 aromatic heterocycles. The summed E-state index contributed by atoms with van der Waals surface area (Å²) in [6.45, 7) is 9.90. The molecule has 0 fully saturated rings. The number of likely N-dealkylation sites (N-methyl/N-ethyl adjacent to an activating group) is 1. The number of aryl methyl sites for hydroxylation is 1. The first-order chi connectivity index (χ1) is 17.1. The first kappa shape index (κ1) is 22.7. The van der Waals surface area contributed by atoms with E-state index in [0.29, 0.717) is 17.2 Å². The minimum absolute atomic E-state index is 0.284. The highest BCUT2D eigenvalue weighted by Gasteiger charge is 2.20. The normalized spacial score (nSPS) is 11.5. The summed E-state index contributed by atoms with van der Waals surface area (Å²) in [6.07, 6.45) is 3.28. The van der Waals surface area contributed by atoms with E-state index in [0.717, 1.165) is 48.5 Å². The van der Waals surface area contributed by atoms with Gasteiger partial charge < -0.3 is 9.47 Å². The molecule has 0 unspecified atom stereocenters. The summed E-state index contributed by atoms with van der Waals surface area (Å²) in [5.74, 6) is 0.241.